The Morgan fingerprint density at radius 3 is 2.71 bits per heavy atom. The molecule has 0 fully saturated rings. The van der Waals surface area contributed by atoms with Gasteiger partial charge >= 0.3 is 0 Å². The van der Waals surface area contributed by atoms with Crippen molar-refractivity contribution in [2.75, 3.05) is 5.32 Å². The second kappa shape index (κ2) is 5.23. The number of hydrogen-bond acceptors (Lipinski definition) is 2. The molecule has 0 atom stereocenters. The van der Waals surface area contributed by atoms with E-state index in [0.717, 1.165) is 17.0 Å². The molecule has 1 aromatic carbocycles. The van der Waals surface area contributed by atoms with Gasteiger partial charge in [-0.1, -0.05) is 0 Å². The first-order valence-corrected chi connectivity index (χ1v) is 6.58. The van der Waals surface area contributed by atoms with Crippen LogP contribution in [0, 0.1) is 12.7 Å². The summed E-state index contributed by atoms with van der Waals surface area (Å²) in [5, 5.41) is 3.14. The highest BCUT2D eigenvalue weighted by molar-refractivity contribution is 9.10. The second-order valence-corrected chi connectivity index (χ2v) is 5.28. The van der Waals surface area contributed by atoms with Crippen LogP contribution in [0.4, 0.5) is 10.1 Å². The van der Waals surface area contributed by atoms with Crippen LogP contribution in [0.25, 0.3) is 0 Å². The summed E-state index contributed by atoms with van der Waals surface area (Å²) in [5.41, 5.74) is 1.74. The van der Waals surface area contributed by atoms with Crippen molar-refractivity contribution in [2.24, 2.45) is 0 Å². The maximum absolute atomic E-state index is 13.4. The Morgan fingerprint density at radius 1 is 1.29 bits per heavy atom. The van der Waals surface area contributed by atoms with E-state index in [1.54, 1.807) is 6.07 Å². The average Bonchev–Trinajstić information content (AvgIpc) is 2.68. The van der Waals surface area contributed by atoms with Gasteiger partial charge in [-0.3, -0.25) is 0 Å². The molecule has 0 saturated heterocycles. The van der Waals surface area contributed by atoms with Crippen LogP contribution in [0.5, 0.6) is 0 Å². The fraction of sp³-hybridized carbons (Fsp3) is 0.167. The van der Waals surface area contributed by atoms with E-state index in [4.69, 9.17) is 4.42 Å². The Morgan fingerprint density at radius 2 is 2.06 bits per heavy atom. The Hall–Kier alpha value is -0.810. The van der Waals surface area contributed by atoms with Gasteiger partial charge in [0, 0.05) is 5.69 Å². The topological polar surface area (TPSA) is 25.2 Å². The SMILES string of the molecule is Cc1cc(Br)c(F)cc1NCc1ccc(Br)o1. The van der Waals surface area contributed by atoms with E-state index < -0.39 is 0 Å². The van der Waals surface area contributed by atoms with E-state index in [2.05, 4.69) is 37.2 Å². The highest BCUT2D eigenvalue weighted by Gasteiger charge is 2.06. The molecule has 0 amide bonds. The molecule has 1 aromatic heterocycles. The van der Waals surface area contributed by atoms with Crippen LogP contribution in [0.2, 0.25) is 0 Å². The van der Waals surface area contributed by atoms with Gasteiger partial charge in [0.05, 0.1) is 11.0 Å². The van der Waals surface area contributed by atoms with Crippen LogP contribution in [0.3, 0.4) is 0 Å². The molecule has 1 N–H and O–H groups in total. The van der Waals surface area contributed by atoms with Gasteiger partial charge in [0.15, 0.2) is 4.67 Å². The summed E-state index contributed by atoms with van der Waals surface area (Å²) < 4.78 is 19.9. The highest BCUT2D eigenvalue weighted by atomic mass is 79.9. The Kier molecular flexibility index (Phi) is 3.89. The molecule has 0 aliphatic rings. The Balaban J connectivity index is 2.11. The van der Waals surface area contributed by atoms with Crippen LogP contribution < -0.4 is 5.32 Å². The standard InChI is InChI=1S/C12H10Br2FNO/c1-7-4-9(13)10(15)5-11(7)16-6-8-2-3-12(14)17-8/h2-5,16H,6H2,1H3. The second-order valence-electron chi connectivity index (χ2n) is 3.64. The summed E-state index contributed by atoms with van der Waals surface area (Å²) >= 11 is 6.39. The number of halogens is 3. The largest absolute Gasteiger partial charge is 0.452 e. The third-order valence-corrected chi connectivity index (χ3v) is 3.38. The minimum Gasteiger partial charge on any atom is -0.452 e. The number of rotatable bonds is 3. The number of anilines is 1. The van der Waals surface area contributed by atoms with Crippen LogP contribution in [0.15, 0.2) is 37.8 Å². The lowest BCUT2D eigenvalue weighted by Crippen LogP contribution is -2.00. The van der Waals surface area contributed by atoms with Crippen LogP contribution >= 0.6 is 31.9 Å². The van der Waals surface area contributed by atoms with Crippen molar-refractivity contribution in [3.8, 4) is 0 Å². The molecule has 0 unspecified atom stereocenters. The van der Waals surface area contributed by atoms with Gasteiger partial charge in [0.25, 0.3) is 0 Å². The Bertz CT molecular complexity index is 539. The predicted molar refractivity (Wildman–Crippen MR) is 72.6 cm³/mol. The average molecular weight is 363 g/mol. The van der Waals surface area contributed by atoms with E-state index in [1.165, 1.54) is 6.07 Å². The highest BCUT2D eigenvalue weighted by Crippen LogP contribution is 2.24. The fourth-order valence-electron chi connectivity index (χ4n) is 1.47. The molecule has 2 rings (SSSR count). The molecular weight excluding hydrogens is 353 g/mol. The van der Waals surface area contributed by atoms with Crippen molar-refractivity contribution in [2.45, 2.75) is 13.5 Å². The zero-order valence-electron chi connectivity index (χ0n) is 9.06. The lowest BCUT2D eigenvalue weighted by Gasteiger charge is -2.09. The van der Waals surface area contributed by atoms with E-state index in [1.807, 2.05) is 19.1 Å². The van der Waals surface area contributed by atoms with E-state index in [-0.39, 0.29) is 5.82 Å². The minimum absolute atomic E-state index is 0.279. The number of hydrogen-bond donors (Lipinski definition) is 1. The van der Waals surface area contributed by atoms with Crippen molar-refractivity contribution in [3.63, 3.8) is 0 Å². The zero-order chi connectivity index (χ0) is 12.4. The summed E-state index contributed by atoms with van der Waals surface area (Å²) in [5.74, 6) is 0.512. The third kappa shape index (κ3) is 3.10. The molecule has 0 bridgehead atoms. The summed E-state index contributed by atoms with van der Waals surface area (Å²) in [6.07, 6.45) is 0. The van der Waals surface area contributed by atoms with Crippen molar-refractivity contribution in [1.29, 1.82) is 0 Å². The number of furan rings is 1. The molecule has 2 aromatic rings. The maximum atomic E-state index is 13.4. The molecule has 0 radical (unpaired) electrons. The molecule has 2 nitrogen and oxygen atoms in total. The van der Waals surface area contributed by atoms with Gasteiger partial charge in [0.2, 0.25) is 0 Å². The van der Waals surface area contributed by atoms with E-state index in [9.17, 15) is 4.39 Å². The molecule has 17 heavy (non-hydrogen) atoms. The maximum Gasteiger partial charge on any atom is 0.169 e. The normalized spacial score (nSPS) is 10.6. The molecule has 5 heteroatoms. The monoisotopic (exact) mass is 361 g/mol. The van der Waals surface area contributed by atoms with Crippen molar-refractivity contribution in [3.05, 3.63) is 50.5 Å². The summed E-state index contributed by atoms with van der Waals surface area (Å²) in [6.45, 7) is 2.44. The number of nitrogens with one attached hydrogen (secondary N) is 1. The van der Waals surface area contributed by atoms with Crippen LogP contribution in [0.1, 0.15) is 11.3 Å². The Labute approximate surface area is 115 Å². The van der Waals surface area contributed by atoms with Crippen molar-refractivity contribution < 1.29 is 8.81 Å². The minimum atomic E-state index is -0.279. The van der Waals surface area contributed by atoms with Crippen molar-refractivity contribution >= 4 is 37.5 Å². The van der Waals surface area contributed by atoms with Crippen LogP contribution in [-0.4, -0.2) is 0 Å². The van der Waals surface area contributed by atoms with Gasteiger partial charge in [-0.2, -0.15) is 0 Å². The number of aryl methyl sites for hydroxylation is 1. The quantitative estimate of drug-likeness (QED) is 0.843. The van der Waals surface area contributed by atoms with Gasteiger partial charge < -0.3 is 9.73 Å². The van der Waals surface area contributed by atoms with E-state index >= 15 is 0 Å². The van der Waals surface area contributed by atoms with Gasteiger partial charge in [0.1, 0.15) is 11.6 Å². The lowest BCUT2D eigenvalue weighted by atomic mass is 10.2. The summed E-state index contributed by atoms with van der Waals surface area (Å²) in [6, 6.07) is 6.90. The molecule has 0 aliphatic carbocycles. The smallest absolute Gasteiger partial charge is 0.169 e. The first kappa shape index (κ1) is 12.6. The summed E-state index contributed by atoms with van der Waals surface area (Å²) in [4.78, 5) is 0. The molecule has 90 valence electrons. The number of benzene rings is 1. The molecule has 0 aliphatic heterocycles. The van der Waals surface area contributed by atoms with Crippen LogP contribution in [-0.2, 0) is 6.54 Å². The first-order valence-electron chi connectivity index (χ1n) is 5.00. The van der Waals surface area contributed by atoms with Gasteiger partial charge in [-0.25, -0.2) is 4.39 Å². The molecule has 0 spiro atoms. The molecular formula is C12H10Br2FNO. The fourth-order valence-corrected chi connectivity index (χ4v) is 2.26. The molecule has 0 saturated carbocycles. The molecule has 1 heterocycles. The van der Waals surface area contributed by atoms with Gasteiger partial charge in [-0.05, 0) is 68.6 Å². The first-order chi connectivity index (χ1) is 8.06. The van der Waals surface area contributed by atoms with Crippen molar-refractivity contribution in [1.82, 2.24) is 0 Å². The van der Waals surface area contributed by atoms with E-state index in [0.29, 0.717) is 15.7 Å². The third-order valence-electron chi connectivity index (χ3n) is 2.35. The van der Waals surface area contributed by atoms with Gasteiger partial charge in [-0.15, -0.1) is 0 Å². The summed E-state index contributed by atoms with van der Waals surface area (Å²) in [7, 11) is 0. The zero-order valence-corrected chi connectivity index (χ0v) is 12.2. The lowest BCUT2D eigenvalue weighted by molar-refractivity contribution is 0.495. The predicted octanol–water partition coefficient (Wildman–Crippen LogP) is 4.86.